The van der Waals surface area contributed by atoms with Crippen LogP contribution in [-0.2, 0) is 0 Å². The van der Waals surface area contributed by atoms with Crippen LogP contribution in [0.1, 0.15) is 26.7 Å². The molecule has 0 aromatic carbocycles. The zero-order valence-electron chi connectivity index (χ0n) is 10.2. The monoisotopic (exact) mass is 224 g/mol. The van der Waals surface area contributed by atoms with Gasteiger partial charge >= 0.3 is 0 Å². The third kappa shape index (κ3) is 3.38. The first kappa shape index (κ1) is 12.8. The minimum absolute atomic E-state index is 0.513. The quantitative estimate of drug-likeness (QED) is 0.776. The van der Waals surface area contributed by atoms with E-state index in [2.05, 4.69) is 10.3 Å². The van der Waals surface area contributed by atoms with Crippen molar-refractivity contribution in [2.75, 3.05) is 19.0 Å². The van der Waals surface area contributed by atoms with E-state index in [4.69, 9.17) is 4.74 Å². The normalized spacial score (nSPS) is 11.2. The number of anilines is 1. The molecule has 0 aliphatic heterocycles. The molecule has 90 valence electrons. The number of pyridine rings is 1. The Morgan fingerprint density at radius 2 is 2.06 bits per heavy atom. The molecule has 0 saturated heterocycles. The summed E-state index contributed by atoms with van der Waals surface area (Å²) in [6.45, 7) is 4.47. The summed E-state index contributed by atoms with van der Waals surface area (Å²) in [5, 5.41) is 13.2. The first-order valence-corrected chi connectivity index (χ1v) is 5.60. The third-order valence-electron chi connectivity index (χ3n) is 2.89. The van der Waals surface area contributed by atoms with E-state index < -0.39 is 5.60 Å². The largest absolute Gasteiger partial charge is 0.495 e. The number of aromatic nitrogens is 1. The topological polar surface area (TPSA) is 54.4 Å². The van der Waals surface area contributed by atoms with Gasteiger partial charge in [-0.25, -0.2) is 4.98 Å². The van der Waals surface area contributed by atoms with Gasteiger partial charge < -0.3 is 15.2 Å². The summed E-state index contributed by atoms with van der Waals surface area (Å²) < 4.78 is 5.02. The van der Waals surface area contributed by atoms with Gasteiger partial charge in [-0.3, -0.25) is 0 Å². The molecule has 0 atom stereocenters. The second-order valence-electron chi connectivity index (χ2n) is 3.87. The summed E-state index contributed by atoms with van der Waals surface area (Å²) in [4.78, 5) is 4.17. The number of aliphatic hydroxyl groups is 1. The van der Waals surface area contributed by atoms with Gasteiger partial charge in [-0.2, -0.15) is 0 Å². The predicted octanol–water partition coefficient (Wildman–Crippen LogP) is 2.05. The van der Waals surface area contributed by atoms with Crippen molar-refractivity contribution in [2.24, 2.45) is 0 Å². The maximum atomic E-state index is 10.1. The van der Waals surface area contributed by atoms with Gasteiger partial charge in [0.15, 0.2) is 0 Å². The Hall–Kier alpha value is -1.29. The fourth-order valence-electron chi connectivity index (χ4n) is 1.36. The number of nitrogens with zero attached hydrogens (tertiary/aromatic N) is 1. The number of rotatable bonds is 6. The van der Waals surface area contributed by atoms with E-state index in [0.717, 1.165) is 24.4 Å². The summed E-state index contributed by atoms with van der Waals surface area (Å²) in [5.41, 5.74) is -0.651. The average molecular weight is 224 g/mol. The number of hydrogen-bond acceptors (Lipinski definition) is 4. The van der Waals surface area contributed by atoms with Crippen LogP contribution in [-0.4, -0.2) is 29.3 Å². The molecule has 2 N–H and O–H groups in total. The zero-order valence-corrected chi connectivity index (χ0v) is 10.2. The lowest BCUT2D eigenvalue weighted by atomic mass is 9.98. The molecule has 0 spiro atoms. The summed E-state index contributed by atoms with van der Waals surface area (Å²) in [7, 11) is 1.61. The van der Waals surface area contributed by atoms with Crippen molar-refractivity contribution >= 4 is 5.82 Å². The molecule has 1 aromatic rings. The molecule has 4 nitrogen and oxygen atoms in total. The lowest BCUT2D eigenvalue weighted by molar-refractivity contribution is 0.0456. The number of nitrogens with one attached hydrogen (secondary N) is 1. The van der Waals surface area contributed by atoms with E-state index in [1.54, 1.807) is 13.3 Å². The van der Waals surface area contributed by atoms with Gasteiger partial charge in [0, 0.05) is 6.54 Å². The van der Waals surface area contributed by atoms with Crippen LogP contribution < -0.4 is 10.1 Å². The molecule has 16 heavy (non-hydrogen) atoms. The van der Waals surface area contributed by atoms with E-state index in [-0.39, 0.29) is 0 Å². The van der Waals surface area contributed by atoms with Gasteiger partial charge in [0.25, 0.3) is 0 Å². The van der Waals surface area contributed by atoms with Crippen LogP contribution >= 0.6 is 0 Å². The highest BCUT2D eigenvalue weighted by Gasteiger charge is 2.21. The summed E-state index contributed by atoms with van der Waals surface area (Å²) in [6.07, 6.45) is 3.11. The summed E-state index contributed by atoms with van der Waals surface area (Å²) >= 11 is 0. The highest BCUT2D eigenvalue weighted by atomic mass is 16.5. The van der Waals surface area contributed by atoms with E-state index >= 15 is 0 Å². The first-order chi connectivity index (χ1) is 7.63. The van der Waals surface area contributed by atoms with E-state index in [1.807, 2.05) is 26.0 Å². The van der Waals surface area contributed by atoms with Crippen molar-refractivity contribution in [2.45, 2.75) is 32.3 Å². The molecule has 0 radical (unpaired) electrons. The SMILES string of the molecule is CCC(O)(CC)CNc1ccc(OC)cn1. The van der Waals surface area contributed by atoms with Crippen molar-refractivity contribution in [1.82, 2.24) is 4.98 Å². The summed E-state index contributed by atoms with van der Waals surface area (Å²) in [6, 6.07) is 3.68. The molecule has 0 aliphatic carbocycles. The van der Waals surface area contributed by atoms with Crippen LogP contribution in [0.3, 0.4) is 0 Å². The molecule has 0 amide bonds. The van der Waals surface area contributed by atoms with Gasteiger partial charge in [-0.05, 0) is 25.0 Å². The van der Waals surface area contributed by atoms with Crippen molar-refractivity contribution in [3.05, 3.63) is 18.3 Å². The molecule has 0 fully saturated rings. The van der Waals surface area contributed by atoms with E-state index in [0.29, 0.717) is 6.54 Å². The van der Waals surface area contributed by atoms with E-state index in [1.165, 1.54) is 0 Å². The highest BCUT2D eigenvalue weighted by Crippen LogP contribution is 2.16. The minimum Gasteiger partial charge on any atom is -0.495 e. The van der Waals surface area contributed by atoms with Crippen molar-refractivity contribution in [3.8, 4) is 5.75 Å². The molecule has 0 aliphatic rings. The van der Waals surface area contributed by atoms with Crippen LogP contribution in [0.4, 0.5) is 5.82 Å². The maximum absolute atomic E-state index is 10.1. The minimum atomic E-state index is -0.651. The Bertz CT molecular complexity index is 307. The van der Waals surface area contributed by atoms with Gasteiger partial charge in [0.2, 0.25) is 0 Å². The van der Waals surface area contributed by atoms with E-state index in [9.17, 15) is 5.11 Å². The Labute approximate surface area is 96.7 Å². The molecule has 1 rings (SSSR count). The Kier molecular flexibility index (Phi) is 4.55. The number of ether oxygens (including phenoxy) is 1. The number of hydrogen-bond donors (Lipinski definition) is 2. The van der Waals surface area contributed by atoms with Crippen molar-refractivity contribution < 1.29 is 9.84 Å². The molecule has 0 unspecified atom stereocenters. The fourth-order valence-corrected chi connectivity index (χ4v) is 1.36. The molecule has 0 bridgehead atoms. The Balaban J connectivity index is 2.54. The standard InChI is InChI=1S/C12H20N2O2/c1-4-12(15,5-2)9-14-11-7-6-10(16-3)8-13-11/h6-8,15H,4-5,9H2,1-3H3,(H,13,14). The highest BCUT2D eigenvalue weighted by molar-refractivity contribution is 5.37. The first-order valence-electron chi connectivity index (χ1n) is 5.60. The van der Waals surface area contributed by atoms with Crippen molar-refractivity contribution in [3.63, 3.8) is 0 Å². The molecular weight excluding hydrogens is 204 g/mol. The van der Waals surface area contributed by atoms with Crippen LogP contribution in [0, 0.1) is 0 Å². The van der Waals surface area contributed by atoms with Gasteiger partial charge in [0.05, 0.1) is 18.9 Å². The second kappa shape index (κ2) is 5.70. The molecule has 0 saturated carbocycles. The van der Waals surface area contributed by atoms with Crippen LogP contribution in [0.15, 0.2) is 18.3 Å². The van der Waals surface area contributed by atoms with Crippen LogP contribution in [0.2, 0.25) is 0 Å². The van der Waals surface area contributed by atoms with Crippen LogP contribution in [0.25, 0.3) is 0 Å². The second-order valence-corrected chi connectivity index (χ2v) is 3.87. The molecule has 1 heterocycles. The predicted molar refractivity (Wildman–Crippen MR) is 64.8 cm³/mol. The van der Waals surface area contributed by atoms with Gasteiger partial charge in [0.1, 0.15) is 11.6 Å². The molecule has 1 aromatic heterocycles. The van der Waals surface area contributed by atoms with Crippen molar-refractivity contribution in [1.29, 1.82) is 0 Å². The summed E-state index contributed by atoms with van der Waals surface area (Å²) in [5.74, 6) is 1.48. The van der Waals surface area contributed by atoms with Gasteiger partial charge in [-0.15, -0.1) is 0 Å². The lowest BCUT2D eigenvalue weighted by Crippen LogP contribution is -2.35. The smallest absolute Gasteiger partial charge is 0.137 e. The van der Waals surface area contributed by atoms with Gasteiger partial charge in [-0.1, -0.05) is 13.8 Å². The fraction of sp³-hybridized carbons (Fsp3) is 0.583. The lowest BCUT2D eigenvalue weighted by Gasteiger charge is -2.25. The van der Waals surface area contributed by atoms with Crippen LogP contribution in [0.5, 0.6) is 5.75 Å². The number of methoxy groups -OCH3 is 1. The zero-order chi connectivity index (χ0) is 12.0. The average Bonchev–Trinajstić information content (AvgIpc) is 2.36. The molecular formula is C12H20N2O2. The Morgan fingerprint density at radius 1 is 1.38 bits per heavy atom. The Morgan fingerprint density at radius 3 is 2.50 bits per heavy atom. The third-order valence-corrected chi connectivity index (χ3v) is 2.89. The maximum Gasteiger partial charge on any atom is 0.137 e. The molecule has 4 heteroatoms.